The molecule has 2 aliphatic rings. The fourth-order valence-electron chi connectivity index (χ4n) is 8.89. The molecule has 0 aliphatic carbocycles. The lowest BCUT2D eigenvalue weighted by Gasteiger charge is -2.30. The SMILES string of the molecule is Cc1ccc(C(=O)Nc2ccc(C)c(-c3nc(OC(=O)OC(C)(C)C)nc4c3CNC(=O)N4c3c(F)cccc3F)c2)cc1F.Cc1ccc(C(=O)Nc2ccc(C)c(-c3nc(S(C)(=O)=O)nc4c3CNC(=O)N4c3c(F)cccc3F)c2)cc1F. The van der Waals surface area contributed by atoms with Gasteiger partial charge in [0.1, 0.15) is 51.9 Å². The van der Waals surface area contributed by atoms with Crippen LogP contribution in [-0.4, -0.2) is 70.2 Å². The molecule has 6 amide bonds. The summed E-state index contributed by atoms with van der Waals surface area (Å²) in [6.07, 6.45) is -0.292. The number of halogens is 6. The van der Waals surface area contributed by atoms with E-state index in [1.165, 1.54) is 30.3 Å². The van der Waals surface area contributed by atoms with E-state index in [0.29, 0.717) is 48.9 Å². The van der Waals surface area contributed by atoms with Crippen molar-refractivity contribution in [3.8, 4) is 28.5 Å². The maximum atomic E-state index is 15.0. The Morgan fingerprint density at radius 1 is 0.547 bits per heavy atom. The number of hydrogen-bond donors (Lipinski definition) is 4. The Bertz CT molecular complexity index is 4220. The van der Waals surface area contributed by atoms with Crippen molar-refractivity contribution in [3.63, 3.8) is 0 Å². The Hall–Kier alpha value is -10.2. The van der Waals surface area contributed by atoms with Crippen LogP contribution in [0.5, 0.6) is 6.01 Å². The minimum absolute atomic E-state index is 0.0622. The molecule has 0 bridgehead atoms. The van der Waals surface area contributed by atoms with E-state index in [1.54, 1.807) is 78.8 Å². The summed E-state index contributed by atoms with van der Waals surface area (Å²) in [7, 11) is -4.07. The van der Waals surface area contributed by atoms with E-state index < -0.39 is 103 Å². The molecule has 26 heteroatoms. The normalized spacial score (nSPS) is 12.9. The molecule has 8 aromatic rings. The molecule has 0 unspecified atom stereocenters. The van der Waals surface area contributed by atoms with Gasteiger partial charge in [0.15, 0.2) is 11.6 Å². The van der Waals surface area contributed by atoms with Gasteiger partial charge in [-0.2, -0.15) is 15.0 Å². The molecule has 86 heavy (non-hydrogen) atoms. The lowest BCUT2D eigenvalue weighted by atomic mass is 9.99. The highest BCUT2D eigenvalue weighted by Gasteiger charge is 2.37. The van der Waals surface area contributed by atoms with Crippen LogP contribution in [0.15, 0.2) is 114 Å². The second-order valence-corrected chi connectivity index (χ2v) is 22.6. The first-order valence-electron chi connectivity index (χ1n) is 25.9. The highest BCUT2D eigenvalue weighted by Crippen LogP contribution is 2.42. The molecule has 0 spiro atoms. The summed E-state index contributed by atoms with van der Waals surface area (Å²) in [5.41, 5.74) is 1.78. The number of aromatic nitrogens is 4. The van der Waals surface area contributed by atoms with Gasteiger partial charge in [0, 0.05) is 51.0 Å². The maximum absolute atomic E-state index is 15.0. The van der Waals surface area contributed by atoms with Crippen molar-refractivity contribution in [2.45, 2.75) is 72.3 Å². The largest absolute Gasteiger partial charge is 0.516 e. The molecule has 10 rings (SSSR count). The zero-order valence-corrected chi connectivity index (χ0v) is 47.7. The molecule has 0 atom stereocenters. The Balaban J connectivity index is 0.000000206. The smallest absolute Gasteiger partial charge is 0.428 e. The first kappa shape index (κ1) is 60.4. The summed E-state index contributed by atoms with van der Waals surface area (Å²) in [6.45, 7) is 11.1. The number of amides is 6. The standard InChI is InChI=1S/C32H28F3N5O5.C28H22F3N5O4S/c1-16-10-12-19(37-28(41)18-11-9-17(2)24(35)13-18)14-20(16)25-21-15-36-30(42)40(26-22(33)7-6-8-23(26)34)27(21)39-29(38-25)44-31(43)45-32(3,4)5;1-14-8-10-17(33-26(37)16-9-7-15(2)22(31)11-16)12-18(14)23-19-13-32-28(38)36(24-20(29)5-4-6-21(24)30)25(19)35-27(34-23)41(3,39)40/h6-14H,15H2,1-5H3,(H,36,42)(H,37,41);4-12H,13H2,1-3H3,(H,32,38)(H,33,37). The number of nitrogens with one attached hydrogen (secondary N) is 4. The van der Waals surface area contributed by atoms with E-state index in [0.717, 1.165) is 54.8 Å². The molecule has 2 aliphatic heterocycles. The predicted molar refractivity (Wildman–Crippen MR) is 304 cm³/mol. The molecule has 442 valence electrons. The molecule has 0 saturated carbocycles. The second kappa shape index (κ2) is 23.8. The number of nitrogens with zero attached hydrogens (tertiary/aromatic N) is 6. The van der Waals surface area contributed by atoms with Gasteiger partial charge in [-0.05, 0) is 144 Å². The molecular weight excluding hydrogens is 1150 g/mol. The van der Waals surface area contributed by atoms with Gasteiger partial charge in [0.25, 0.3) is 11.8 Å². The third-order valence-corrected chi connectivity index (χ3v) is 14.0. The lowest BCUT2D eigenvalue weighted by molar-refractivity contribution is 0.0187. The van der Waals surface area contributed by atoms with Gasteiger partial charge in [0.05, 0.1) is 24.5 Å². The summed E-state index contributed by atoms with van der Waals surface area (Å²) >= 11 is 0. The van der Waals surface area contributed by atoms with E-state index in [1.807, 2.05) is 0 Å². The number of aryl methyl sites for hydroxylation is 4. The quantitative estimate of drug-likeness (QED) is 0.0566. The highest BCUT2D eigenvalue weighted by molar-refractivity contribution is 7.90. The minimum Gasteiger partial charge on any atom is -0.428 e. The number of hydrogen-bond acceptors (Lipinski definition) is 13. The van der Waals surface area contributed by atoms with Crippen molar-refractivity contribution in [1.29, 1.82) is 0 Å². The number of urea groups is 2. The maximum Gasteiger partial charge on any atom is 0.516 e. The first-order chi connectivity index (χ1) is 40.6. The number of anilines is 6. The van der Waals surface area contributed by atoms with Gasteiger partial charge in [-0.15, -0.1) is 0 Å². The molecule has 0 fully saturated rings. The van der Waals surface area contributed by atoms with Crippen LogP contribution in [0.1, 0.15) is 74.9 Å². The van der Waals surface area contributed by atoms with Crippen LogP contribution in [0.4, 0.5) is 75.1 Å². The summed E-state index contributed by atoms with van der Waals surface area (Å²) < 4.78 is 123. The van der Waals surface area contributed by atoms with Gasteiger partial charge in [-0.25, -0.2) is 63.9 Å². The Morgan fingerprint density at radius 2 is 0.953 bits per heavy atom. The summed E-state index contributed by atoms with van der Waals surface area (Å²) in [5, 5.41) is 9.82. The number of sulfone groups is 1. The summed E-state index contributed by atoms with van der Waals surface area (Å²) in [5.74, 6) is -7.00. The average Bonchev–Trinajstić information content (AvgIpc) is 0.795. The van der Waals surface area contributed by atoms with Crippen LogP contribution in [0.2, 0.25) is 0 Å². The minimum atomic E-state index is -4.07. The Morgan fingerprint density at radius 3 is 1.36 bits per heavy atom. The van der Waals surface area contributed by atoms with Crippen LogP contribution in [0.3, 0.4) is 0 Å². The van der Waals surface area contributed by atoms with E-state index >= 15 is 0 Å². The number of para-hydroxylation sites is 2. The van der Waals surface area contributed by atoms with Gasteiger partial charge in [0.2, 0.25) is 15.0 Å². The van der Waals surface area contributed by atoms with Crippen molar-refractivity contribution < 1.29 is 68.2 Å². The van der Waals surface area contributed by atoms with Crippen molar-refractivity contribution in [3.05, 3.63) is 189 Å². The van der Waals surface area contributed by atoms with Crippen LogP contribution in [-0.2, 0) is 27.7 Å². The van der Waals surface area contributed by atoms with Crippen molar-refractivity contribution in [2.75, 3.05) is 26.7 Å². The Kier molecular flexibility index (Phi) is 16.7. The van der Waals surface area contributed by atoms with E-state index in [4.69, 9.17) is 9.47 Å². The van der Waals surface area contributed by atoms with Crippen LogP contribution in [0.25, 0.3) is 22.5 Å². The zero-order chi connectivity index (χ0) is 62.3. The van der Waals surface area contributed by atoms with Gasteiger partial charge in [-0.1, -0.05) is 36.4 Å². The average molecular weight is 1200 g/mol. The monoisotopic (exact) mass is 1200 g/mol. The first-order valence-corrected chi connectivity index (χ1v) is 27.8. The van der Waals surface area contributed by atoms with Gasteiger partial charge >= 0.3 is 24.2 Å². The lowest BCUT2D eigenvalue weighted by Crippen LogP contribution is -2.43. The van der Waals surface area contributed by atoms with E-state index in [9.17, 15) is 58.7 Å². The van der Waals surface area contributed by atoms with E-state index in [-0.39, 0.29) is 64.1 Å². The third kappa shape index (κ3) is 12.8. The van der Waals surface area contributed by atoms with Gasteiger partial charge < -0.3 is 30.7 Å². The zero-order valence-electron chi connectivity index (χ0n) is 46.8. The summed E-state index contributed by atoms with van der Waals surface area (Å²) in [6, 6.07) is 21.6. The molecule has 0 radical (unpaired) electrons. The molecule has 2 aromatic heterocycles. The molecule has 4 heterocycles. The number of fused-ring (bicyclic) bond motifs is 2. The molecule has 4 N–H and O–H groups in total. The van der Waals surface area contributed by atoms with Crippen molar-refractivity contribution in [1.82, 2.24) is 30.6 Å². The predicted octanol–water partition coefficient (Wildman–Crippen LogP) is 12.3. The molecule has 0 saturated heterocycles. The number of benzene rings is 6. The fraction of sp³-hybridized carbons (Fsp3) is 0.183. The van der Waals surface area contributed by atoms with Crippen molar-refractivity contribution in [2.24, 2.45) is 0 Å². The number of carbonyl (C=O) groups is 5. The van der Waals surface area contributed by atoms with Crippen LogP contribution >= 0.6 is 0 Å². The van der Waals surface area contributed by atoms with Crippen molar-refractivity contribution >= 4 is 74.3 Å². The number of rotatable bonds is 10. The van der Waals surface area contributed by atoms with Gasteiger partial charge in [-0.3, -0.25) is 9.59 Å². The Labute approximate surface area is 487 Å². The topological polar surface area (TPSA) is 244 Å². The summed E-state index contributed by atoms with van der Waals surface area (Å²) in [4.78, 5) is 82.6. The highest BCUT2D eigenvalue weighted by atomic mass is 32.2. The third-order valence-electron chi connectivity index (χ3n) is 13.2. The number of carbonyl (C=O) groups excluding carboxylic acids is 5. The number of ether oxygens (including phenoxy) is 2. The van der Waals surface area contributed by atoms with Crippen LogP contribution < -0.4 is 35.8 Å². The molecule has 6 aromatic carbocycles. The van der Waals surface area contributed by atoms with Crippen LogP contribution in [0, 0.1) is 62.6 Å². The van der Waals surface area contributed by atoms with E-state index in [2.05, 4.69) is 41.2 Å². The molecular formula is C60H50F6N10O9S. The molecule has 19 nitrogen and oxygen atoms in total. The fourth-order valence-corrected chi connectivity index (χ4v) is 9.39. The second-order valence-electron chi connectivity index (χ2n) is 20.7.